The van der Waals surface area contributed by atoms with E-state index in [4.69, 9.17) is 11.1 Å². The molecule has 0 rings (SSSR count). The van der Waals surface area contributed by atoms with Gasteiger partial charge in [0.05, 0.1) is 0 Å². The topological polar surface area (TPSA) is 12.0 Å². The van der Waals surface area contributed by atoms with Crippen LogP contribution in [0.2, 0.25) is 11.6 Å². The van der Waals surface area contributed by atoms with Crippen LogP contribution < -0.4 is 4.98 Å². The molecule has 1 N–H and O–H groups in total. The SMILES string of the molecule is CCC(C)[Si](Cl)(CC)NC. The third-order valence-electron chi connectivity index (χ3n) is 2.32. The largest absolute Gasteiger partial charge is 0.328 e. The first-order chi connectivity index (χ1) is 4.60. The summed E-state index contributed by atoms with van der Waals surface area (Å²) in [5.74, 6) is 0. The molecule has 0 aliphatic heterocycles. The third-order valence-corrected chi connectivity index (χ3v) is 8.64. The first-order valence-corrected chi connectivity index (χ1v) is 7.28. The molecule has 0 fully saturated rings. The molecule has 10 heavy (non-hydrogen) atoms. The first kappa shape index (κ1) is 10.5. The average Bonchev–Trinajstić information content (AvgIpc) is 2.01. The molecule has 0 aromatic carbocycles. The molecule has 0 saturated carbocycles. The second kappa shape index (κ2) is 4.37. The number of hydrogen-bond acceptors (Lipinski definition) is 1. The molecular weight excluding hydrogens is 162 g/mol. The minimum atomic E-state index is -1.58. The molecule has 2 unspecified atom stereocenters. The van der Waals surface area contributed by atoms with Crippen LogP contribution in [-0.2, 0) is 0 Å². The Bertz CT molecular complexity index is 93.6. The molecule has 0 amide bonds. The smallest absolute Gasteiger partial charge is 0.228 e. The van der Waals surface area contributed by atoms with Crippen LogP contribution in [0, 0.1) is 0 Å². The maximum absolute atomic E-state index is 6.39. The fourth-order valence-corrected chi connectivity index (χ4v) is 3.75. The van der Waals surface area contributed by atoms with E-state index in [0.29, 0.717) is 5.54 Å². The normalized spacial score (nSPS) is 20.1. The fraction of sp³-hybridized carbons (Fsp3) is 1.00. The fourth-order valence-electron chi connectivity index (χ4n) is 1.10. The van der Waals surface area contributed by atoms with Crippen molar-refractivity contribution in [1.82, 2.24) is 4.98 Å². The molecule has 62 valence electrons. The van der Waals surface area contributed by atoms with Crippen LogP contribution in [0.15, 0.2) is 0 Å². The van der Waals surface area contributed by atoms with Crippen LogP contribution in [0.3, 0.4) is 0 Å². The lowest BCUT2D eigenvalue weighted by molar-refractivity contribution is 0.820. The first-order valence-electron chi connectivity index (χ1n) is 3.98. The summed E-state index contributed by atoms with van der Waals surface area (Å²) in [6.45, 7) is 6.60. The Hall–Kier alpha value is 0.467. The Morgan fingerprint density at radius 2 is 2.00 bits per heavy atom. The van der Waals surface area contributed by atoms with Crippen molar-refractivity contribution in [1.29, 1.82) is 0 Å². The van der Waals surface area contributed by atoms with E-state index in [1.807, 2.05) is 7.05 Å². The Kier molecular flexibility index (Phi) is 4.57. The quantitative estimate of drug-likeness (QED) is 0.517. The molecule has 1 nitrogen and oxygen atoms in total. The van der Waals surface area contributed by atoms with E-state index < -0.39 is 7.55 Å². The Labute approximate surface area is 69.9 Å². The van der Waals surface area contributed by atoms with Crippen molar-refractivity contribution >= 4 is 18.6 Å². The highest BCUT2D eigenvalue weighted by Crippen LogP contribution is 2.28. The van der Waals surface area contributed by atoms with Crippen LogP contribution in [0.4, 0.5) is 0 Å². The maximum atomic E-state index is 6.39. The van der Waals surface area contributed by atoms with E-state index in [1.165, 1.54) is 6.42 Å². The summed E-state index contributed by atoms with van der Waals surface area (Å²) in [7, 11) is 0.403. The number of rotatable bonds is 4. The van der Waals surface area contributed by atoms with Gasteiger partial charge < -0.3 is 4.98 Å². The van der Waals surface area contributed by atoms with Crippen molar-refractivity contribution in [3.05, 3.63) is 0 Å². The lowest BCUT2D eigenvalue weighted by Crippen LogP contribution is -2.45. The van der Waals surface area contributed by atoms with E-state index in [0.717, 1.165) is 6.04 Å². The number of nitrogens with one attached hydrogen (secondary N) is 1. The van der Waals surface area contributed by atoms with Crippen LogP contribution in [0.1, 0.15) is 27.2 Å². The molecule has 3 heteroatoms. The lowest BCUT2D eigenvalue weighted by Gasteiger charge is -2.27. The monoisotopic (exact) mass is 179 g/mol. The zero-order valence-electron chi connectivity index (χ0n) is 7.37. The van der Waals surface area contributed by atoms with Gasteiger partial charge in [0.1, 0.15) is 0 Å². The van der Waals surface area contributed by atoms with E-state index in [-0.39, 0.29) is 0 Å². The van der Waals surface area contributed by atoms with Gasteiger partial charge in [-0.3, -0.25) is 0 Å². The molecular formula is C7H18ClNSi. The third kappa shape index (κ3) is 2.26. The minimum absolute atomic E-state index is 0.671. The standard InChI is InChI=1S/C7H18ClNSi/c1-5-7(3)10(8,6-2)9-4/h7,9H,5-6H2,1-4H3. The summed E-state index contributed by atoms with van der Waals surface area (Å²) < 4.78 is 0. The van der Waals surface area contributed by atoms with Crippen LogP contribution in [-0.4, -0.2) is 14.6 Å². The molecule has 0 aromatic heterocycles. The van der Waals surface area contributed by atoms with Gasteiger partial charge in [-0.1, -0.05) is 27.2 Å². The summed E-state index contributed by atoms with van der Waals surface area (Å²) in [5, 5.41) is 0. The van der Waals surface area contributed by atoms with Crippen molar-refractivity contribution in [2.75, 3.05) is 7.05 Å². The molecule has 0 radical (unpaired) electrons. The van der Waals surface area contributed by atoms with Gasteiger partial charge in [-0.25, -0.2) is 0 Å². The van der Waals surface area contributed by atoms with Crippen LogP contribution >= 0.6 is 11.1 Å². The molecule has 0 bridgehead atoms. The summed E-state index contributed by atoms with van der Waals surface area (Å²) in [6.07, 6.45) is 1.18. The maximum Gasteiger partial charge on any atom is 0.228 e. The van der Waals surface area contributed by atoms with Crippen molar-refractivity contribution in [2.45, 2.75) is 38.8 Å². The number of hydrogen-bond donors (Lipinski definition) is 1. The van der Waals surface area contributed by atoms with Gasteiger partial charge in [0.2, 0.25) is 7.55 Å². The zero-order valence-corrected chi connectivity index (χ0v) is 9.13. The van der Waals surface area contributed by atoms with E-state index >= 15 is 0 Å². The molecule has 0 aromatic rings. The predicted molar refractivity (Wildman–Crippen MR) is 50.9 cm³/mol. The van der Waals surface area contributed by atoms with Gasteiger partial charge in [0, 0.05) is 0 Å². The van der Waals surface area contributed by atoms with Gasteiger partial charge in [-0.15, -0.1) is 11.1 Å². The molecule has 0 heterocycles. The van der Waals surface area contributed by atoms with E-state index in [9.17, 15) is 0 Å². The highest BCUT2D eigenvalue weighted by atomic mass is 35.6. The van der Waals surface area contributed by atoms with Gasteiger partial charge >= 0.3 is 0 Å². The lowest BCUT2D eigenvalue weighted by atomic mass is 10.4. The second-order valence-electron chi connectivity index (χ2n) is 2.78. The number of halogens is 1. The second-order valence-corrected chi connectivity index (χ2v) is 8.72. The predicted octanol–water partition coefficient (Wildman–Crippen LogP) is 2.71. The average molecular weight is 180 g/mol. The van der Waals surface area contributed by atoms with Gasteiger partial charge in [-0.05, 0) is 18.6 Å². The van der Waals surface area contributed by atoms with Crippen molar-refractivity contribution in [2.24, 2.45) is 0 Å². The highest BCUT2D eigenvalue weighted by molar-refractivity contribution is 7.19. The Balaban J connectivity index is 4.02. The van der Waals surface area contributed by atoms with Crippen molar-refractivity contribution in [3.8, 4) is 0 Å². The molecule has 0 aliphatic rings. The van der Waals surface area contributed by atoms with E-state index in [1.54, 1.807) is 0 Å². The molecule has 0 aliphatic carbocycles. The van der Waals surface area contributed by atoms with E-state index in [2.05, 4.69) is 25.8 Å². The van der Waals surface area contributed by atoms with Gasteiger partial charge in [0.25, 0.3) is 0 Å². The van der Waals surface area contributed by atoms with Crippen molar-refractivity contribution in [3.63, 3.8) is 0 Å². The summed E-state index contributed by atoms with van der Waals surface area (Å²) in [4.78, 5) is 3.28. The van der Waals surface area contributed by atoms with Crippen LogP contribution in [0.5, 0.6) is 0 Å². The van der Waals surface area contributed by atoms with Gasteiger partial charge in [-0.2, -0.15) is 0 Å². The van der Waals surface area contributed by atoms with Crippen molar-refractivity contribution < 1.29 is 0 Å². The van der Waals surface area contributed by atoms with Crippen LogP contribution in [0.25, 0.3) is 0 Å². The summed E-state index contributed by atoms with van der Waals surface area (Å²) in [5.41, 5.74) is 0.671. The zero-order chi connectivity index (χ0) is 8.20. The summed E-state index contributed by atoms with van der Waals surface area (Å²) in [6, 6.07) is 1.11. The molecule has 2 atom stereocenters. The molecule has 0 saturated heterocycles. The highest BCUT2D eigenvalue weighted by Gasteiger charge is 2.32. The Morgan fingerprint density at radius 1 is 1.50 bits per heavy atom. The summed E-state index contributed by atoms with van der Waals surface area (Å²) >= 11 is 6.39. The van der Waals surface area contributed by atoms with Gasteiger partial charge in [0.15, 0.2) is 0 Å². The minimum Gasteiger partial charge on any atom is -0.328 e. The molecule has 0 spiro atoms. The Morgan fingerprint density at radius 3 is 2.10 bits per heavy atom.